The first-order valence-corrected chi connectivity index (χ1v) is 9.59. The van der Waals surface area contributed by atoms with Gasteiger partial charge in [-0.05, 0) is 51.3 Å². The van der Waals surface area contributed by atoms with E-state index < -0.39 is 0 Å². The number of nitrogens with zero attached hydrogens (tertiary/aromatic N) is 4. The topological polar surface area (TPSA) is 32.9 Å². The van der Waals surface area contributed by atoms with E-state index in [1.165, 1.54) is 28.2 Å². The zero-order valence-electron chi connectivity index (χ0n) is 16.6. The second-order valence-electron chi connectivity index (χ2n) is 7.21. The second kappa shape index (κ2) is 6.69. The molecule has 0 radical (unpaired) electrons. The van der Waals surface area contributed by atoms with Gasteiger partial charge in [0.05, 0.1) is 11.9 Å². The number of benzene rings is 1. The van der Waals surface area contributed by atoms with E-state index in [-0.39, 0.29) is 0 Å². The molecule has 2 aliphatic rings. The highest BCUT2D eigenvalue weighted by Crippen LogP contribution is 2.35. The molecule has 0 unspecified atom stereocenters. The molecule has 1 aromatic carbocycles. The fourth-order valence-corrected chi connectivity index (χ4v) is 4.08. The number of hydrazone groups is 1. The van der Waals surface area contributed by atoms with Crippen molar-refractivity contribution in [1.29, 1.82) is 0 Å². The molecule has 0 bridgehead atoms. The van der Waals surface area contributed by atoms with Gasteiger partial charge in [0, 0.05) is 34.7 Å². The molecule has 0 fully saturated rings. The van der Waals surface area contributed by atoms with E-state index >= 15 is 0 Å². The fraction of sp³-hybridized carbons (Fsp3) is 0.304. The Labute approximate surface area is 161 Å². The van der Waals surface area contributed by atoms with Gasteiger partial charge in [0.15, 0.2) is 0 Å². The molecule has 2 aromatic rings. The largest absolute Gasteiger partial charge is 0.317 e. The normalized spacial score (nSPS) is 15.9. The second-order valence-corrected chi connectivity index (χ2v) is 7.21. The van der Waals surface area contributed by atoms with E-state index in [4.69, 9.17) is 0 Å². The van der Waals surface area contributed by atoms with Crippen molar-refractivity contribution in [2.75, 3.05) is 6.54 Å². The van der Waals surface area contributed by atoms with Gasteiger partial charge in [-0.15, -0.1) is 0 Å². The summed E-state index contributed by atoms with van der Waals surface area (Å²) < 4.78 is 2.35. The molecule has 0 N–H and O–H groups in total. The number of hydrogen-bond acceptors (Lipinski definition) is 3. The van der Waals surface area contributed by atoms with Gasteiger partial charge in [-0.25, -0.2) is 5.01 Å². The average molecular weight is 358 g/mol. The summed E-state index contributed by atoms with van der Waals surface area (Å²) in [6.45, 7) is 13.9. The van der Waals surface area contributed by atoms with Gasteiger partial charge in [-0.2, -0.15) is 5.10 Å². The van der Waals surface area contributed by atoms with E-state index in [0.29, 0.717) is 0 Å². The number of aliphatic imine (C=N–C) groups is 1. The van der Waals surface area contributed by atoms with Crippen molar-refractivity contribution in [3.05, 3.63) is 70.6 Å². The van der Waals surface area contributed by atoms with Crippen LogP contribution in [0.4, 0.5) is 0 Å². The summed E-state index contributed by atoms with van der Waals surface area (Å²) in [7, 11) is 0. The lowest BCUT2D eigenvalue weighted by molar-refractivity contribution is 0.624. The van der Waals surface area contributed by atoms with Crippen molar-refractivity contribution in [3.8, 4) is 5.69 Å². The number of aryl methyl sites for hydroxylation is 2. The van der Waals surface area contributed by atoms with Crippen LogP contribution in [0.25, 0.3) is 11.4 Å². The van der Waals surface area contributed by atoms with E-state index in [0.717, 1.165) is 42.0 Å². The molecule has 0 atom stereocenters. The third-order valence-electron chi connectivity index (χ3n) is 5.45. The summed E-state index contributed by atoms with van der Waals surface area (Å²) in [5, 5.41) is 6.52. The van der Waals surface area contributed by atoms with Gasteiger partial charge in [0.25, 0.3) is 0 Å². The molecule has 138 valence electrons. The minimum absolute atomic E-state index is 0.806. The molecule has 0 saturated heterocycles. The highest BCUT2D eigenvalue weighted by molar-refractivity contribution is 6.04. The molecule has 4 nitrogen and oxygen atoms in total. The summed E-state index contributed by atoms with van der Waals surface area (Å²) >= 11 is 0. The quantitative estimate of drug-likeness (QED) is 0.748. The van der Waals surface area contributed by atoms with Crippen molar-refractivity contribution >= 4 is 17.7 Å². The third-order valence-corrected chi connectivity index (χ3v) is 5.45. The van der Waals surface area contributed by atoms with Crippen molar-refractivity contribution in [2.24, 2.45) is 10.1 Å². The Morgan fingerprint density at radius 1 is 1.15 bits per heavy atom. The summed E-state index contributed by atoms with van der Waals surface area (Å²) in [6, 6.07) is 6.69. The minimum atomic E-state index is 0.806. The molecule has 4 rings (SSSR count). The summed E-state index contributed by atoms with van der Waals surface area (Å²) in [5.41, 5.74) is 9.49. The minimum Gasteiger partial charge on any atom is -0.317 e. The number of rotatable bonds is 2. The molecule has 4 heteroatoms. The van der Waals surface area contributed by atoms with Crippen molar-refractivity contribution in [2.45, 2.75) is 40.5 Å². The van der Waals surface area contributed by atoms with Crippen LogP contribution in [0, 0.1) is 20.8 Å². The lowest BCUT2D eigenvalue weighted by Crippen LogP contribution is -2.27. The van der Waals surface area contributed by atoms with E-state index in [2.05, 4.69) is 73.2 Å². The van der Waals surface area contributed by atoms with Crippen LogP contribution < -0.4 is 0 Å². The van der Waals surface area contributed by atoms with Gasteiger partial charge in [-0.1, -0.05) is 37.3 Å². The van der Waals surface area contributed by atoms with Crippen LogP contribution in [-0.2, 0) is 6.42 Å². The predicted octanol–water partition coefficient (Wildman–Crippen LogP) is 4.94. The lowest BCUT2D eigenvalue weighted by atomic mass is 10.1. The van der Waals surface area contributed by atoms with E-state index in [9.17, 15) is 0 Å². The maximum Gasteiger partial charge on any atom is 0.149 e. The molecular formula is C23H26N4. The number of aromatic nitrogens is 1. The standard InChI is InChI=1S/C23H26N4/c1-6-19-13-15(2)10-11-21(19)26-16(3)20-14-25-27(18(5)23(20)17(26)4)22-9-7-8-12-24-22/h7,9-11,13-14H,5-6,8,12H2,1-4H3. The number of fused-ring (bicyclic) bond motifs is 1. The highest BCUT2D eigenvalue weighted by Gasteiger charge is 2.28. The molecule has 0 spiro atoms. The molecule has 27 heavy (non-hydrogen) atoms. The van der Waals surface area contributed by atoms with Crippen LogP contribution in [0.5, 0.6) is 0 Å². The van der Waals surface area contributed by atoms with Crippen LogP contribution in [-0.4, -0.2) is 28.2 Å². The zero-order valence-corrected chi connectivity index (χ0v) is 16.6. The number of amidine groups is 1. The summed E-state index contributed by atoms with van der Waals surface area (Å²) in [6.07, 6.45) is 8.12. The maximum atomic E-state index is 4.65. The van der Waals surface area contributed by atoms with Crippen molar-refractivity contribution in [1.82, 2.24) is 9.58 Å². The molecule has 0 aliphatic carbocycles. The first-order valence-electron chi connectivity index (χ1n) is 9.59. The van der Waals surface area contributed by atoms with Crippen molar-refractivity contribution in [3.63, 3.8) is 0 Å². The van der Waals surface area contributed by atoms with Crippen LogP contribution in [0.15, 0.2) is 47.0 Å². The first-order chi connectivity index (χ1) is 13.0. The molecule has 0 amide bonds. The molecule has 0 saturated carbocycles. The van der Waals surface area contributed by atoms with Gasteiger partial charge in [-0.3, -0.25) is 4.99 Å². The molecule has 2 aliphatic heterocycles. The summed E-state index contributed by atoms with van der Waals surface area (Å²) in [5.74, 6) is 0.863. The molecular weight excluding hydrogens is 332 g/mol. The van der Waals surface area contributed by atoms with Gasteiger partial charge in [0.1, 0.15) is 5.84 Å². The fourth-order valence-electron chi connectivity index (χ4n) is 4.08. The maximum absolute atomic E-state index is 4.65. The average Bonchev–Trinajstić information content (AvgIpc) is 2.94. The number of hydrogen-bond donors (Lipinski definition) is 0. The Kier molecular flexibility index (Phi) is 4.34. The zero-order chi connectivity index (χ0) is 19.1. The predicted molar refractivity (Wildman–Crippen MR) is 114 cm³/mol. The van der Waals surface area contributed by atoms with Crippen LogP contribution >= 0.6 is 0 Å². The van der Waals surface area contributed by atoms with Gasteiger partial charge < -0.3 is 4.57 Å². The number of dihydropyridines is 1. The highest BCUT2D eigenvalue weighted by atomic mass is 15.5. The Hall–Kier alpha value is -2.88. The monoisotopic (exact) mass is 358 g/mol. The smallest absolute Gasteiger partial charge is 0.149 e. The Morgan fingerprint density at radius 2 is 1.96 bits per heavy atom. The van der Waals surface area contributed by atoms with Gasteiger partial charge in [0.2, 0.25) is 0 Å². The van der Waals surface area contributed by atoms with Gasteiger partial charge >= 0.3 is 0 Å². The van der Waals surface area contributed by atoms with E-state index in [1.807, 2.05) is 17.3 Å². The first kappa shape index (κ1) is 17.5. The molecule has 1 aromatic heterocycles. The Morgan fingerprint density at radius 3 is 2.67 bits per heavy atom. The summed E-state index contributed by atoms with van der Waals surface area (Å²) in [4.78, 5) is 4.60. The third kappa shape index (κ3) is 2.76. The van der Waals surface area contributed by atoms with Crippen molar-refractivity contribution < 1.29 is 0 Å². The van der Waals surface area contributed by atoms with Crippen LogP contribution in [0.3, 0.4) is 0 Å². The Balaban J connectivity index is 1.85. The van der Waals surface area contributed by atoms with E-state index in [1.54, 1.807) is 0 Å². The van der Waals surface area contributed by atoms with Crippen LogP contribution in [0.2, 0.25) is 0 Å². The molecule has 3 heterocycles. The Bertz CT molecular complexity index is 1020. The lowest BCUT2D eigenvalue weighted by Gasteiger charge is -2.26. The van der Waals surface area contributed by atoms with Crippen LogP contribution in [0.1, 0.15) is 47.0 Å². The SMILES string of the molecule is C=C1c2c(c(C)n(-c3ccc(C)cc3CC)c2C)C=NN1C1=NCCC=C1.